The van der Waals surface area contributed by atoms with Crippen LogP contribution in [0.25, 0.3) is 28.3 Å². The molecule has 25 heavy (non-hydrogen) atoms. The van der Waals surface area contributed by atoms with E-state index >= 15 is 0 Å². The zero-order valence-corrected chi connectivity index (χ0v) is 13.8. The Bertz CT molecular complexity index is 1180. The summed E-state index contributed by atoms with van der Waals surface area (Å²) in [5.41, 5.74) is 0.633. The molecule has 3 aromatic heterocycles. The number of ether oxygens (including phenoxy) is 1. The Hall–Kier alpha value is -3.13. The molecule has 128 valence electrons. The van der Waals surface area contributed by atoms with Gasteiger partial charge in [-0.1, -0.05) is 30.3 Å². The molecule has 0 amide bonds. The van der Waals surface area contributed by atoms with Gasteiger partial charge in [0.05, 0.1) is 19.3 Å². The maximum Gasteiger partial charge on any atom is 0.332 e. The van der Waals surface area contributed by atoms with Gasteiger partial charge in [0, 0.05) is 19.7 Å². The molecule has 8 heteroatoms. The van der Waals surface area contributed by atoms with E-state index in [0.29, 0.717) is 16.9 Å². The minimum Gasteiger partial charge on any atom is -0.423 e. The molecule has 0 fully saturated rings. The predicted molar refractivity (Wildman–Crippen MR) is 91.8 cm³/mol. The van der Waals surface area contributed by atoms with E-state index in [0.717, 1.165) is 10.1 Å². The van der Waals surface area contributed by atoms with Crippen LogP contribution in [-0.2, 0) is 18.3 Å². The molecule has 3 heterocycles. The molecule has 0 aliphatic heterocycles. The number of fused-ring (bicyclic) bond motifs is 3. The summed E-state index contributed by atoms with van der Waals surface area (Å²) in [5, 5.41) is 0. The Labute approximate surface area is 141 Å². The first kappa shape index (κ1) is 15.4. The highest BCUT2D eigenvalue weighted by Gasteiger charge is 2.19. The van der Waals surface area contributed by atoms with E-state index in [1.54, 1.807) is 17.6 Å². The van der Waals surface area contributed by atoms with Gasteiger partial charge < -0.3 is 9.15 Å². The van der Waals surface area contributed by atoms with Crippen LogP contribution in [0.15, 0.2) is 50.5 Å². The lowest BCUT2D eigenvalue weighted by Gasteiger charge is -2.07. The fourth-order valence-electron chi connectivity index (χ4n) is 2.87. The summed E-state index contributed by atoms with van der Waals surface area (Å²) in [4.78, 5) is 29.5. The van der Waals surface area contributed by atoms with Crippen molar-refractivity contribution in [3.63, 3.8) is 0 Å². The molecule has 8 nitrogen and oxygen atoms in total. The number of oxazole rings is 1. The molecular weight excluding hydrogens is 324 g/mol. The highest BCUT2D eigenvalue weighted by Crippen LogP contribution is 2.24. The van der Waals surface area contributed by atoms with E-state index in [-0.39, 0.29) is 19.0 Å². The molecule has 0 bridgehead atoms. The van der Waals surface area contributed by atoms with Gasteiger partial charge in [-0.25, -0.2) is 4.79 Å². The van der Waals surface area contributed by atoms with Crippen LogP contribution in [0.5, 0.6) is 0 Å². The molecule has 0 aliphatic rings. The minimum absolute atomic E-state index is 0.175. The lowest BCUT2D eigenvalue weighted by atomic mass is 10.2. The first-order chi connectivity index (χ1) is 12.1. The monoisotopic (exact) mass is 340 g/mol. The Morgan fingerprint density at radius 3 is 2.68 bits per heavy atom. The number of hydrogen-bond donors (Lipinski definition) is 0. The first-order valence-electron chi connectivity index (χ1n) is 7.77. The number of rotatable bonds is 4. The average Bonchev–Trinajstić information content (AvgIpc) is 3.18. The number of hydrogen-bond acceptors (Lipinski definition) is 5. The zero-order chi connectivity index (χ0) is 17.6. The molecule has 0 N–H and O–H groups in total. The number of methoxy groups -OCH3 is 1. The van der Waals surface area contributed by atoms with Crippen LogP contribution in [-0.4, -0.2) is 32.2 Å². The van der Waals surface area contributed by atoms with Gasteiger partial charge in [-0.15, -0.1) is 0 Å². The summed E-state index contributed by atoms with van der Waals surface area (Å²) in [6.07, 6.45) is 1.71. The van der Waals surface area contributed by atoms with E-state index in [1.807, 2.05) is 30.3 Å². The van der Waals surface area contributed by atoms with E-state index in [4.69, 9.17) is 9.15 Å². The van der Waals surface area contributed by atoms with Crippen LogP contribution < -0.4 is 11.2 Å². The molecular formula is C17H16N4O4. The van der Waals surface area contributed by atoms with Crippen molar-refractivity contribution in [3.05, 3.63) is 57.4 Å². The minimum atomic E-state index is -0.432. The lowest BCUT2D eigenvalue weighted by molar-refractivity contribution is 0.184. The van der Waals surface area contributed by atoms with Crippen molar-refractivity contribution >= 4 is 17.0 Å². The van der Waals surface area contributed by atoms with Crippen LogP contribution in [0.3, 0.4) is 0 Å². The number of imidazole rings is 1. The number of aromatic nitrogens is 4. The topological polar surface area (TPSA) is 83.7 Å². The van der Waals surface area contributed by atoms with Gasteiger partial charge in [-0.05, 0) is 0 Å². The van der Waals surface area contributed by atoms with Crippen molar-refractivity contribution in [2.45, 2.75) is 6.54 Å². The summed E-state index contributed by atoms with van der Waals surface area (Å²) in [5.74, 6) is 0.868. The molecule has 1 aromatic carbocycles. The SMILES string of the molecule is COCCn1c(=O)c2c(nc3oc(-c4ccccc4)cn32)n(C)c1=O. The van der Waals surface area contributed by atoms with Gasteiger partial charge in [0.1, 0.15) is 0 Å². The number of nitrogens with zero attached hydrogens (tertiary/aromatic N) is 4. The van der Waals surface area contributed by atoms with Crippen LogP contribution in [0.2, 0.25) is 0 Å². The third-order valence-corrected chi connectivity index (χ3v) is 4.17. The standard InChI is InChI=1S/C17H16N4O4/c1-19-14-13(15(22)20(17(19)23)8-9-24-2)21-10-12(25-16(21)18-14)11-6-4-3-5-7-11/h3-7,10H,8-9H2,1-2H3. The Morgan fingerprint density at radius 1 is 1.20 bits per heavy atom. The van der Waals surface area contributed by atoms with E-state index in [1.165, 1.54) is 11.7 Å². The predicted octanol–water partition coefficient (Wildman–Crippen LogP) is 1.25. The van der Waals surface area contributed by atoms with Crippen LogP contribution in [0.4, 0.5) is 0 Å². The molecule has 0 saturated carbocycles. The van der Waals surface area contributed by atoms with Gasteiger partial charge in [0.2, 0.25) is 0 Å². The van der Waals surface area contributed by atoms with Crippen molar-refractivity contribution in [1.82, 2.24) is 18.5 Å². The smallest absolute Gasteiger partial charge is 0.332 e. The normalized spacial score (nSPS) is 11.6. The van der Waals surface area contributed by atoms with Crippen molar-refractivity contribution in [3.8, 4) is 11.3 Å². The highest BCUT2D eigenvalue weighted by molar-refractivity contribution is 5.76. The van der Waals surface area contributed by atoms with E-state index in [9.17, 15) is 9.59 Å². The van der Waals surface area contributed by atoms with Crippen molar-refractivity contribution in [2.24, 2.45) is 7.05 Å². The lowest BCUT2D eigenvalue weighted by Crippen LogP contribution is -2.40. The van der Waals surface area contributed by atoms with Crippen molar-refractivity contribution in [1.29, 1.82) is 0 Å². The van der Waals surface area contributed by atoms with Gasteiger partial charge >= 0.3 is 11.5 Å². The van der Waals surface area contributed by atoms with Gasteiger partial charge in [-0.2, -0.15) is 4.98 Å². The second kappa shape index (κ2) is 5.75. The van der Waals surface area contributed by atoms with Crippen molar-refractivity contribution in [2.75, 3.05) is 13.7 Å². The average molecular weight is 340 g/mol. The third kappa shape index (κ3) is 2.30. The molecule has 0 aliphatic carbocycles. The molecule has 0 atom stereocenters. The van der Waals surface area contributed by atoms with Gasteiger partial charge in [-0.3, -0.25) is 18.3 Å². The first-order valence-corrected chi connectivity index (χ1v) is 7.77. The Kier molecular flexibility index (Phi) is 3.54. The highest BCUT2D eigenvalue weighted by atomic mass is 16.5. The maximum atomic E-state index is 12.8. The fourth-order valence-corrected chi connectivity index (χ4v) is 2.87. The summed E-state index contributed by atoms with van der Waals surface area (Å²) >= 11 is 0. The Morgan fingerprint density at radius 2 is 1.96 bits per heavy atom. The zero-order valence-electron chi connectivity index (χ0n) is 13.8. The van der Waals surface area contributed by atoms with Gasteiger partial charge in [0.25, 0.3) is 5.56 Å². The number of benzene rings is 1. The molecule has 4 rings (SSSR count). The summed E-state index contributed by atoms with van der Waals surface area (Å²) in [6, 6.07) is 9.54. The van der Waals surface area contributed by atoms with Crippen LogP contribution in [0.1, 0.15) is 0 Å². The largest absolute Gasteiger partial charge is 0.423 e. The third-order valence-electron chi connectivity index (χ3n) is 4.17. The van der Waals surface area contributed by atoms with Crippen LogP contribution >= 0.6 is 0 Å². The van der Waals surface area contributed by atoms with Crippen LogP contribution in [0, 0.1) is 0 Å². The summed E-state index contributed by atoms with van der Waals surface area (Å²) < 4.78 is 14.8. The number of aryl methyl sites for hydroxylation is 1. The van der Waals surface area contributed by atoms with E-state index in [2.05, 4.69) is 4.98 Å². The van der Waals surface area contributed by atoms with Crippen molar-refractivity contribution < 1.29 is 9.15 Å². The summed E-state index contributed by atoms with van der Waals surface area (Å²) in [7, 11) is 3.10. The summed E-state index contributed by atoms with van der Waals surface area (Å²) in [6.45, 7) is 0.442. The molecule has 4 aromatic rings. The van der Waals surface area contributed by atoms with Gasteiger partial charge in [0.15, 0.2) is 16.9 Å². The maximum absolute atomic E-state index is 12.8. The quantitative estimate of drug-likeness (QED) is 0.558. The Balaban J connectivity index is 2.01. The van der Waals surface area contributed by atoms with E-state index < -0.39 is 11.2 Å². The fraction of sp³-hybridized carbons (Fsp3) is 0.235. The molecule has 0 radical (unpaired) electrons. The molecule has 0 spiro atoms. The second-order valence-electron chi connectivity index (χ2n) is 5.69. The second-order valence-corrected chi connectivity index (χ2v) is 5.69. The molecule has 0 unspecified atom stereocenters. The molecule has 0 saturated heterocycles.